The Hall–Kier alpha value is 0.919. The molecular weight excluding hydrogens is 278 g/mol. The third-order valence-corrected chi connectivity index (χ3v) is 7.92. The Morgan fingerprint density at radius 2 is 1.18 bits per heavy atom. The monoisotopic (exact) mass is 296 g/mol. The van der Waals surface area contributed by atoms with Crippen molar-refractivity contribution in [1.82, 2.24) is 0 Å². The Bertz CT molecular complexity index is 114. The van der Waals surface area contributed by atoms with Gasteiger partial charge in [0.1, 0.15) is 0 Å². The molecule has 0 aromatic rings. The topological polar surface area (TPSA) is 27.7 Å². The van der Waals surface area contributed by atoms with Gasteiger partial charge in [-0.05, 0) is 0 Å². The fourth-order valence-corrected chi connectivity index (χ4v) is 6.49. The van der Waals surface area contributed by atoms with Crippen LogP contribution in [0.15, 0.2) is 0 Å². The van der Waals surface area contributed by atoms with Crippen LogP contribution in [0.4, 0.5) is 0 Å². The van der Waals surface area contributed by atoms with E-state index in [4.69, 9.17) is 11.5 Å². The van der Waals surface area contributed by atoms with E-state index in [1.165, 1.54) is 0 Å². The zero-order chi connectivity index (χ0) is 8.74. The van der Waals surface area contributed by atoms with Crippen molar-refractivity contribution in [1.29, 1.82) is 0 Å². The van der Waals surface area contributed by atoms with Gasteiger partial charge in [0.25, 0.3) is 0 Å². The zero-order valence-electron chi connectivity index (χ0n) is 7.20. The molecule has 0 amide bonds. The molecule has 0 unspecified atom stereocenters. The summed E-state index contributed by atoms with van der Waals surface area (Å²) in [6.45, 7) is 7.72. The summed E-state index contributed by atoms with van der Waals surface area (Å²) in [6.07, 6.45) is 0. The summed E-state index contributed by atoms with van der Waals surface area (Å²) in [5.74, 6) is 0. The predicted octanol–water partition coefficient (Wildman–Crippen LogP) is 0.432. The van der Waals surface area contributed by atoms with Gasteiger partial charge in [-0.2, -0.15) is 0 Å². The fourth-order valence-electron chi connectivity index (χ4n) is 0.586. The first-order valence-corrected chi connectivity index (χ1v) is 10.8. The quantitative estimate of drug-likeness (QED) is 0.665. The van der Waals surface area contributed by atoms with Crippen LogP contribution < -0.4 is 0 Å². The second-order valence-corrected chi connectivity index (χ2v) is 10.1. The van der Waals surface area contributed by atoms with Gasteiger partial charge in [0.05, 0.1) is 0 Å². The molecule has 0 N–H and O–H groups in total. The van der Waals surface area contributed by atoms with E-state index in [9.17, 15) is 0 Å². The van der Waals surface area contributed by atoms with Gasteiger partial charge in [0.2, 0.25) is 0 Å². The molecule has 0 atom stereocenters. The Morgan fingerprint density at radius 3 is 1.36 bits per heavy atom. The van der Waals surface area contributed by atoms with Crippen molar-refractivity contribution >= 4 is 25.1 Å². The molecule has 0 aromatic carbocycles. The molecule has 0 saturated heterocycles. The molecule has 0 rings (SSSR count). The molecule has 0 radical (unpaired) electrons. The van der Waals surface area contributed by atoms with Crippen molar-refractivity contribution < 1.29 is 11.5 Å². The Labute approximate surface area is 77.3 Å². The molecule has 0 saturated carbocycles. The van der Waals surface area contributed by atoms with Gasteiger partial charge in [-0.3, -0.25) is 0 Å². The second kappa shape index (κ2) is 6.44. The first-order chi connectivity index (χ1) is 5.18. The van der Waals surface area contributed by atoms with Crippen LogP contribution in [-0.2, 0) is 11.5 Å². The number of hydrogen-bond donors (Lipinski definition) is 0. The summed E-state index contributed by atoms with van der Waals surface area (Å²) in [5.41, 5.74) is 0. The molecule has 0 aliphatic rings. The van der Waals surface area contributed by atoms with Crippen LogP contribution in [-0.4, -0.2) is 44.9 Å². The summed E-state index contributed by atoms with van der Waals surface area (Å²) in [5, 5.41) is 0. The normalized spacial score (nSPS) is 13.4. The third-order valence-electron chi connectivity index (χ3n) is 0.862. The molecular formula is C6H16O3Se2. The van der Waals surface area contributed by atoms with Crippen molar-refractivity contribution in [3.63, 3.8) is 0 Å². The van der Waals surface area contributed by atoms with Gasteiger partial charge in [-0.25, -0.2) is 0 Å². The molecule has 3 nitrogen and oxygen atoms in total. The standard InChI is InChI=1S/C6H16O3Se2/c1-4-7-11(10,8-5-2)9-6-3/h11H,4-6H2,1-3H3. The summed E-state index contributed by atoms with van der Waals surface area (Å²) in [6, 6.07) is 0. The third kappa shape index (κ3) is 5.20. The van der Waals surface area contributed by atoms with E-state index >= 15 is 0 Å². The average molecular weight is 294 g/mol. The fraction of sp³-hybridized carbons (Fsp3) is 1.00. The van der Waals surface area contributed by atoms with Gasteiger partial charge in [-0.1, -0.05) is 0 Å². The predicted molar refractivity (Wildman–Crippen MR) is 47.8 cm³/mol. The van der Waals surface area contributed by atoms with Crippen LogP contribution >= 0.6 is 0 Å². The van der Waals surface area contributed by atoms with Crippen LogP contribution in [0.3, 0.4) is 0 Å². The summed E-state index contributed by atoms with van der Waals surface area (Å²) in [4.78, 5) is 0. The SMILES string of the molecule is CCO[SeH](=[Se])(OCC)OCC. The molecule has 0 heterocycles. The van der Waals surface area contributed by atoms with E-state index in [-0.39, 0.29) is 0 Å². The zero-order valence-corrected chi connectivity index (χ0v) is 10.8. The van der Waals surface area contributed by atoms with Gasteiger partial charge >= 0.3 is 77.2 Å². The molecule has 0 fully saturated rings. The molecule has 0 aliphatic carbocycles. The van der Waals surface area contributed by atoms with Crippen molar-refractivity contribution in [2.45, 2.75) is 20.8 Å². The number of rotatable bonds is 6. The van der Waals surface area contributed by atoms with Gasteiger partial charge in [0.15, 0.2) is 0 Å². The van der Waals surface area contributed by atoms with Gasteiger partial charge in [-0.15, -0.1) is 0 Å². The Balaban J connectivity index is 3.91. The van der Waals surface area contributed by atoms with Crippen LogP contribution in [0, 0.1) is 0 Å². The van der Waals surface area contributed by atoms with Crippen molar-refractivity contribution in [2.24, 2.45) is 0 Å². The van der Waals surface area contributed by atoms with E-state index in [0.717, 1.165) is 0 Å². The van der Waals surface area contributed by atoms with E-state index in [1.54, 1.807) is 0 Å². The Morgan fingerprint density at radius 1 is 0.909 bits per heavy atom. The van der Waals surface area contributed by atoms with E-state index in [0.29, 0.717) is 19.8 Å². The molecule has 70 valence electrons. The molecule has 0 aromatic heterocycles. The summed E-state index contributed by atoms with van der Waals surface area (Å²) >= 11 is 0.192. The van der Waals surface area contributed by atoms with E-state index in [1.807, 2.05) is 20.8 Å². The first-order valence-electron chi connectivity index (χ1n) is 3.72. The first kappa shape index (κ1) is 11.9. The van der Waals surface area contributed by atoms with Crippen LogP contribution in [0.5, 0.6) is 0 Å². The minimum atomic E-state index is -2.71. The van der Waals surface area contributed by atoms with Crippen LogP contribution in [0.1, 0.15) is 20.8 Å². The minimum absolute atomic E-state index is 0.639. The summed E-state index contributed by atoms with van der Waals surface area (Å²) < 4.78 is 16.1. The van der Waals surface area contributed by atoms with Gasteiger partial charge < -0.3 is 0 Å². The van der Waals surface area contributed by atoms with Crippen molar-refractivity contribution in [3.8, 4) is 0 Å². The molecule has 11 heavy (non-hydrogen) atoms. The van der Waals surface area contributed by atoms with E-state index < -0.39 is 11.5 Å². The maximum absolute atomic E-state index is 5.38. The molecule has 0 spiro atoms. The Kier molecular flexibility index (Phi) is 6.97. The summed E-state index contributed by atoms with van der Waals surface area (Å²) in [7, 11) is 0. The van der Waals surface area contributed by atoms with Crippen molar-refractivity contribution in [3.05, 3.63) is 0 Å². The van der Waals surface area contributed by atoms with Crippen LogP contribution in [0.25, 0.3) is 0 Å². The number of hydrogen-bond acceptors (Lipinski definition) is 3. The van der Waals surface area contributed by atoms with E-state index in [2.05, 4.69) is 13.7 Å². The molecule has 5 heteroatoms. The molecule has 0 bridgehead atoms. The second-order valence-electron chi connectivity index (χ2n) is 1.70. The van der Waals surface area contributed by atoms with Gasteiger partial charge in [0, 0.05) is 0 Å². The molecule has 0 aliphatic heterocycles. The van der Waals surface area contributed by atoms with Crippen molar-refractivity contribution in [2.75, 3.05) is 19.8 Å². The van der Waals surface area contributed by atoms with Crippen LogP contribution in [0.2, 0.25) is 0 Å². The average Bonchev–Trinajstić information content (AvgIpc) is 1.88. The maximum atomic E-state index is 5.38.